The predicted molar refractivity (Wildman–Crippen MR) is 96.1 cm³/mol. The summed E-state index contributed by atoms with van der Waals surface area (Å²) in [4.78, 5) is 8.71. The van der Waals surface area contributed by atoms with Gasteiger partial charge in [0.25, 0.3) is 0 Å². The zero-order valence-corrected chi connectivity index (χ0v) is 14.8. The van der Waals surface area contributed by atoms with Gasteiger partial charge in [-0.2, -0.15) is 0 Å². The number of nitrogens with one attached hydrogen (secondary N) is 1. The average molecular weight is 362 g/mol. The van der Waals surface area contributed by atoms with Crippen molar-refractivity contribution in [3.8, 4) is 0 Å². The Morgan fingerprint density at radius 3 is 2.46 bits per heavy atom. The zero-order valence-electron chi connectivity index (χ0n) is 13.2. The Hall–Kier alpha value is -2.18. The van der Waals surface area contributed by atoms with Crippen LogP contribution in [-0.2, 0) is 9.84 Å². The van der Waals surface area contributed by atoms with E-state index >= 15 is 0 Å². The van der Waals surface area contributed by atoms with E-state index in [1.165, 1.54) is 12.6 Å². The topological polar surface area (TPSA) is 72.0 Å². The van der Waals surface area contributed by atoms with E-state index in [2.05, 4.69) is 15.3 Å². The molecule has 0 aliphatic carbocycles. The van der Waals surface area contributed by atoms with Crippen LogP contribution in [0.2, 0.25) is 5.02 Å². The maximum Gasteiger partial charge on any atom is 0.175 e. The number of nitrogens with zero attached hydrogens (tertiary/aromatic N) is 2. The number of aromatic nitrogens is 2. The summed E-state index contributed by atoms with van der Waals surface area (Å²) in [6.45, 7) is 2.00. The Morgan fingerprint density at radius 2 is 1.79 bits per heavy atom. The summed E-state index contributed by atoms with van der Waals surface area (Å²) in [5.41, 5.74) is 1.73. The lowest BCUT2D eigenvalue weighted by molar-refractivity contribution is 0.602. The fourth-order valence-electron chi connectivity index (χ4n) is 2.42. The van der Waals surface area contributed by atoms with Gasteiger partial charge < -0.3 is 5.32 Å². The largest absolute Gasteiger partial charge is 0.363 e. The molecule has 0 bridgehead atoms. The third kappa shape index (κ3) is 3.49. The van der Waals surface area contributed by atoms with E-state index in [4.69, 9.17) is 11.6 Å². The van der Waals surface area contributed by atoms with E-state index in [-0.39, 0.29) is 10.9 Å². The van der Waals surface area contributed by atoms with E-state index in [0.29, 0.717) is 21.7 Å². The molecule has 3 aromatic rings. The quantitative estimate of drug-likeness (QED) is 0.763. The van der Waals surface area contributed by atoms with Crippen LogP contribution in [0.3, 0.4) is 0 Å². The summed E-state index contributed by atoms with van der Waals surface area (Å²) in [5.74, 6) is 0.591. The van der Waals surface area contributed by atoms with Crippen molar-refractivity contribution in [1.29, 1.82) is 0 Å². The highest BCUT2D eigenvalue weighted by atomic mass is 35.5. The zero-order chi connectivity index (χ0) is 17.3. The minimum absolute atomic E-state index is 0.0257. The molecule has 124 valence electrons. The van der Waals surface area contributed by atoms with Crippen LogP contribution in [0.15, 0.2) is 53.7 Å². The molecule has 1 atom stereocenters. The monoisotopic (exact) mass is 361 g/mol. The van der Waals surface area contributed by atoms with Gasteiger partial charge in [-0.15, -0.1) is 0 Å². The molecule has 0 spiro atoms. The number of anilines is 1. The molecule has 3 rings (SSSR count). The van der Waals surface area contributed by atoms with Crippen LogP contribution in [0.4, 0.5) is 5.82 Å². The Labute approximate surface area is 145 Å². The van der Waals surface area contributed by atoms with Gasteiger partial charge >= 0.3 is 0 Å². The molecule has 1 heterocycles. The summed E-state index contributed by atoms with van der Waals surface area (Å²) >= 11 is 5.92. The van der Waals surface area contributed by atoms with Crippen molar-refractivity contribution in [2.24, 2.45) is 0 Å². The number of halogens is 1. The Bertz CT molecular complexity index is 988. The molecule has 7 heteroatoms. The molecule has 24 heavy (non-hydrogen) atoms. The first-order valence-electron chi connectivity index (χ1n) is 7.31. The van der Waals surface area contributed by atoms with E-state index in [0.717, 1.165) is 5.56 Å². The number of benzene rings is 2. The molecule has 0 fully saturated rings. The van der Waals surface area contributed by atoms with Crippen molar-refractivity contribution in [1.82, 2.24) is 9.97 Å². The highest BCUT2D eigenvalue weighted by molar-refractivity contribution is 7.90. The van der Waals surface area contributed by atoms with Crippen LogP contribution in [0.5, 0.6) is 0 Å². The summed E-state index contributed by atoms with van der Waals surface area (Å²) in [6, 6.07) is 12.3. The van der Waals surface area contributed by atoms with Gasteiger partial charge in [-0.05, 0) is 42.8 Å². The summed E-state index contributed by atoms with van der Waals surface area (Å²) < 4.78 is 23.6. The fourth-order valence-corrected chi connectivity index (χ4v) is 3.19. The van der Waals surface area contributed by atoms with E-state index in [1.807, 2.05) is 31.2 Å². The second kappa shape index (κ2) is 6.37. The summed E-state index contributed by atoms with van der Waals surface area (Å²) in [6.07, 6.45) is 2.64. The Morgan fingerprint density at radius 1 is 1.08 bits per heavy atom. The molecule has 5 nitrogen and oxygen atoms in total. The normalized spacial score (nSPS) is 13.0. The second-order valence-electron chi connectivity index (χ2n) is 5.59. The van der Waals surface area contributed by atoms with E-state index in [9.17, 15) is 8.42 Å². The van der Waals surface area contributed by atoms with Crippen molar-refractivity contribution >= 4 is 38.2 Å². The van der Waals surface area contributed by atoms with Crippen molar-refractivity contribution in [2.75, 3.05) is 11.6 Å². The standard InChI is InChI=1S/C17H16ClN3O2S/c1-11(12-3-5-13(18)6-4-12)21-17-15-9-14(24(2,22)23)7-8-16(15)19-10-20-17/h3-11H,1-2H3,(H,19,20,21). The number of hydrogen-bond donors (Lipinski definition) is 1. The molecular weight excluding hydrogens is 346 g/mol. The third-order valence-corrected chi connectivity index (χ3v) is 5.12. The van der Waals surface area contributed by atoms with Gasteiger partial charge in [0, 0.05) is 22.7 Å². The first-order valence-corrected chi connectivity index (χ1v) is 9.58. The van der Waals surface area contributed by atoms with Crippen molar-refractivity contribution in [3.05, 3.63) is 59.4 Å². The molecule has 1 aromatic heterocycles. The summed E-state index contributed by atoms with van der Waals surface area (Å²) in [5, 5.41) is 4.66. The van der Waals surface area contributed by atoms with Crippen molar-refractivity contribution < 1.29 is 8.42 Å². The van der Waals surface area contributed by atoms with Gasteiger partial charge in [0.15, 0.2) is 9.84 Å². The van der Waals surface area contributed by atoms with Crippen molar-refractivity contribution in [3.63, 3.8) is 0 Å². The van der Waals surface area contributed by atoms with Crippen LogP contribution in [0.1, 0.15) is 18.5 Å². The van der Waals surface area contributed by atoms with Gasteiger partial charge in [0.05, 0.1) is 10.4 Å². The maximum absolute atomic E-state index is 11.8. The predicted octanol–water partition coefficient (Wildman–Crippen LogP) is 3.86. The highest BCUT2D eigenvalue weighted by Gasteiger charge is 2.13. The lowest BCUT2D eigenvalue weighted by Gasteiger charge is -2.16. The molecular formula is C17H16ClN3O2S. The minimum Gasteiger partial charge on any atom is -0.363 e. The van der Waals surface area contributed by atoms with E-state index < -0.39 is 9.84 Å². The van der Waals surface area contributed by atoms with Crippen LogP contribution in [-0.4, -0.2) is 24.6 Å². The number of fused-ring (bicyclic) bond motifs is 1. The van der Waals surface area contributed by atoms with Gasteiger partial charge in [0.2, 0.25) is 0 Å². The molecule has 0 aliphatic rings. The second-order valence-corrected chi connectivity index (χ2v) is 8.04. The molecule has 1 unspecified atom stereocenters. The molecule has 2 aromatic carbocycles. The molecule has 0 amide bonds. The minimum atomic E-state index is -3.29. The van der Waals surface area contributed by atoms with Crippen molar-refractivity contribution in [2.45, 2.75) is 17.9 Å². The van der Waals surface area contributed by atoms with E-state index in [1.54, 1.807) is 18.2 Å². The fraction of sp³-hybridized carbons (Fsp3) is 0.176. The van der Waals surface area contributed by atoms with Crippen LogP contribution in [0.25, 0.3) is 10.9 Å². The van der Waals surface area contributed by atoms with Gasteiger partial charge in [0.1, 0.15) is 12.1 Å². The van der Waals surface area contributed by atoms with Gasteiger partial charge in [-0.1, -0.05) is 23.7 Å². The van der Waals surface area contributed by atoms with Crippen LogP contribution in [0, 0.1) is 0 Å². The molecule has 0 aliphatic heterocycles. The van der Waals surface area contributed by atoms with Crippen LogP contribution >= 0.6 is 11.6 Å². The molecule has 1 N–H and O–H groups in total. The molecule has 0 radical (unpaired) electrons. The lowest BCUT2D eigenvalue weighted by atomic mass is 10.1. The Balaban J connectivity index is 2.01. The smallest absolute Gasteiger partial charge is 0.175 e. The SMILES string of the molecule is CC(Nc1ncnc2ccc(S(C)(=O)=O)cc12)c1ccc(Cl)cc1. The molecule has 0 saturated carbocycles. The summed E-state index contributed by atoms with van der Waals surface area (Å²) in [7, 11) is -3.29. The lowest BCUT2D eigenvalue weighted by Crippen LogP contribution is -2.09. The number of sulfone groups is 1. The Kier molecular flexibility index (Phi) is 4.43. The first kappa shape index (κ1) is 16.7. The number of hydrogen-bond acceptors (Lipinski definition) is 5. The third-order valence-electron chi connectivity index (χ3n) is 3.76. The highest BCUT2D eigenvalue weighted by Crippen LogP contribution is 2.26. The maximum atomic E-state index is 11.8. The first-order chi connectivity index (χ1) is 11.3. The van der Waals surface area contributed by atoms with Crippen LogP contribution < -0.4 is 5.32 Å². The number of rotatable bonds is 4. The van der Waals surface area contributed by atoms with Gasteiger partial charge in [-0.3, -0.25) is 0 Å². The molecule has 0 saturated heterocycles. The van der Waals surface area contributed by atoms with Gasteiger partial charge in [-0.25, -0.2) is 18.4 Å². The average Bonchev–Trinajstić information content (AvgIpc) is 2.54.